The number of hydrogen-bond acceptors (Lipinski definition) is 2. The van der Waals surface area contributed by atoms with Crippen LogP contribution in [0.2, 0.25) is 0 Å². The highest BCUT2D eigenvalue weighted by atomic mass is 79.9. The lowest BCUT2D eigenvalue weighted by Gasteiger charge is -2.30. The van der Waals surface area contributed by atoms with E-state index >= 15 is 0 Å². The topological polar surface area (TPSA) is 57.6 Å². The molecule has 1 aliphatic rings. The van der Waals surface area contributed by atoms with Gasteiger partial charge in [0.15, 0.2) is 0 Å². The Morgan fingerprint density at radius 2 is 2.11 bits per heavy atom. The minimum absolute atomic E-state index is 0.00199. The molecule has 19 heavy (non-hydrogen) atoms. The third-order valence-electron chi connectivity index (χ3n) is 3.42. The summed E-state index contributed by atoms with van der Waals surface area (Å²) in [5.41, 5.74) is 0.935. The van der Waals surface area contributed by atoms with E-state index in [1.165, 1.54) is 0 Å². The monoisotopic (exact) mass is 325 g/mol. The summed E-state index contributed by atoms with van der Waals surface area (Å²) >= 11 is 3.42. The molecule has 4 nitrogen and oxygen atoms in total. The van der Waals surface area contributed by atoms with Crippen LogP contribution in [0, 0.1) is 5.92 Å². The van der Waals surface area contributed by atoms with E-state index in [4.69, 9.17) is 5.11 Å². The summed E-state index contributed by atoms with van der Waals surface area (Å²) in [4.78, 5) is 24.9. The molecule has 0 bridgehead atoms. The van der Waals surface area contributed by atoms with Crippen LogP contribution in [-0.4, -0.2) is 35.0 Å². The van der Waals surface area contributed by atoms with Crippen LogP contribution in [0.1, 0.15) is 18.4 Å². The van der Waals surface area contributed by atoms with Crippen molar-refractivity contribution in [3.05, 3.63) is 34.3 Å². The molecule has 1 amide bonds. The van der Waals surface area contributed by atoms with Crippen LogP contribution in [0.3, 0.4) is 0 Å². The van der Waals surface area contributed by atoms with Gasteiger partial charge in [0.05, 0.1) is 12.3 Å². The van der Waals surface area contributed by atoms with Crippen molar-refractivity contribution in [1.29, 1.82) is 0 Å². The number of nitrogens with zero attached hydrogens (tertiary/aromatic N) is 1. The molecule has 2 rings (SSSR count). The molecule has 0 spiro atoms. The molecule has 0 radical (unpaired) electrons. The summed E-state index contributed by atoms with van der Waals surface area (Å²) in [5.74, 6) is -1.23. The first-order valence-corrected chi connectivity index (χ1v) is 7.11. The Morgan fingerprint density at radius 3 is 2.79 bits per heavy atom. The van der Waals surface area contributed by atoms with Crippen molar-refractivity contribution in [2.45, 2.75) is 19.3 Å². The zero-order valence-electron chi connectivity index (χ0n) is 10.5. The molecule has 1 fully saturated rings. The average molecular weight is 326 g/mol. The number of likely N-dealkylation sites (tertiary alicyclic amines) is 1. The first-order chi connectivity index (χ1) is 9.08. The van der Waals surface area contributed by atoms with E-state index in [2.05, 4.69) is 15.9 Å². The van der Waals surface area contributed by atoms with Crippen LogP contribution in [-0.2, 0) is 16.0 Å². The van der Waals surface area contributed by atoms with Gasteiger partial charge in [-0.1, -0.05) is 34.1 Å². The van der Waals surface area contributed by atoms with Crippen molar-refractivity contribution in [3.8, 4) is 0 Å². The number of carbonyl (C=O) groups is 2. The molecule has 5 heteroatoms. The Morgan fingerprint density at radius 1 is 1.37 bits per heavy atom. The van der Waals surface area contributed by atoms with Crippen molar-refractivity contribution in [2.24, 2.45) is 5.92 Å². The normalized spacial score (nSPS) is 19.2. The molecule has 0 aromatic heterocycles. The van der Waals surface area contributed by atoms with Gasteiger partial charge in [-0.15, -0.1) is 0 Å². The van der Waals surface area contributed by atoms with Crippen molar-refractivity contribution in [2.75, 3.05) is 13.1 Å². The highest BCUT2D eigenvalue weighted by Crippen LogP contribution is 2.20. The second kappa shape index (κ2) is 6.19. The van der Waals surface area contributed by atoms with Crippen molar-refractivity contribution in [3.63, 3.8) is 0 Å². The third kappa shape index (κ3) is 3.56. The summed E-state index contributed by atoms with van der Waals surface area (Å²) in [6.07, 6.45) is 1.74. The minimum Gasteiger partial charge on any atom is -0.481 e. The molecule has 0 aliphatic carbocycles. The highest BCUT2D eigenvalue weighted by Gasteiger charge is 2.28. The largest absolute Gasteiger partial charge is 0.481 e. The molecule has 1 saturated heterocycles. The van der Waals surface area contributed by atoms with Gasteiger partial charge >= 0.3 is 5.97 Å². The van der Waals surface area contributed by atoms with Gasteiger partial charge in [0.25, 0.3) is 0 Å². The highest BCUT2D eigenvalue weighted by molar-refractivity contribution is 9.10. The Balaban J connectivity index is 2.00. The summed E-state index contributed by atoms with van der Waals surface area (Å²) < 4.78 is 0.912. The van der Waals surface area contributed by atoms with Gasteiger partial charge in [0, 0.05) is 17.6 Å². The Bertz CT molecular complexity index is 489. The fourth-order valence-corrected chi connectivity index (χ4v) is 2.75. The second-order valence-corrected chi connectivity index (χ2v) is 5.64. The fraction of sp³-hybridized carbons (Fsp3) is 0.429. The average Bonchev–Trinajstić information content (AvgIpc) is 2.41. The van der Waals surface area contributed by atoms with Crippen LogP contribution >= 0.6 is 15.9 Å². The second-order valence-electron chi connectivity index (χ2n) is 4.79. The van der Waals surface area contributed by atoms with Gasteiger partial charge in [-0.05, 0) is 24.5 Å². The molecule has 1 aliphatic heterocycles. The molecule has 1 aromatic carbocycles. The van der Waals surface area contributed by atoms with Crippen molar-refractivity contribution in [1.82, 2.24) is 4.90 Å². The first kappa shape index (κ1) is 14.1. The molecule has 1 heterocycles. The minimum atomic E-state index is -0.807. The number of carboxylic acid groups (broad SMARTS) is 1. The molecular weight excluding hydrogens is 310 g/mol. The van der Waals surface area contributed by atoms with Crippen LogP contribution in [0.4, 0.5) is 0 Å². The number of aliphatic carboxylic acids is 1. The van der Waals surface area contributed by atoms with Crippen LogP contribution in [0.15, 0.2) is 28.7 Å². The lowest BCUT2D eigenvalue weighted by Crippen LogP contribution is -2.43. The lowest BCUT2D eigenvalue weighted by molar-refractivity contribution is -0.145. The standard InChI is InChI=1S/C14H16BrNO3/c15-12-6-2-1-4-10(12)8-13(17)16-7-3-5-11(9-16)14(18)19/h1-2,4,6,11H,3,5,7-9H2,(H,18,19). The van der Waals surface area contributed by atoms with Gasteiger partial charge in [-0.2, -0.15) is 0 Å². The SMILES string of the molecule is O=C(O)C1CCCN(C(=O)Cc2ccccc2Br)C1. The van der Waals surface area contributed by atoms with E-state index < -0.39 is 11.9 Å². The molecule has 0 saturated carbocycles. The smallest absolute Gasteiger partial charge is 0.308 e. The van der Waals surface area contributed by atoms with E-state index in [0.29, 0.717) is 25.9 Å². The number of piperidine rings is 1. The maximum atomic E-state index is 12.2. The van der Waals surface area contributed by atoms with E-state index in [0.717, 1.165) is 16.5 Å². The summed E-state index contributed by atoms with van der Waals surface area (Å²) in [6.45, 7) is 0.992. The number of amides is 1. The van der Waals surface area contributed by atoms with Gasteiger partial charge in [-0.25, -0.2) is 0 Å². The van der Waals surface area contributed by atoms with Crippen LogP contribution in [0.25, 0.3) is 0 Å². The number of rotatable bonds is 3. The predicted molar refractivity (Wildman–Crippen MR) is 74.8 cm³/mol. The number of hydrogen-bond donors (Lipinski definition) is 1. The number of benzene rings is 1. The van der Waals surface area contributed by atoms with Crippen molar-refractivity contribution < 1.29 is 14.7 Å². The third-order valence-corrected chi connectivity index (χ3v) is 4.20. The Hall–Kier alpha value is -1.36. The zero-order chi connectivity index (χ0) is 13.8. The van der Waals surface area contributed by atoms with Gasteiger partial charge in [0.1, 0.15) is 0 Å². The Kier molecular flexibility index (Phi) is 4.58. The lowest BCUT2D eigenvalue weighted by atomic mass is 9.97. The van der Waals surface area contributed by atoms with E-state index in [9.17, 15) is 9.59 Å². The van der Waals surface area contributed by atoms with Gasteiger partial charge in [-0.3, -0.25) is 9.59 Å². The predicted octanol–water partition coefficient (Wildman–Crippen LogP) is 2.31. The molecular formula is C14H16BrNO3. The van der Waals surface area contributed by atoms with Crippen LogP contribution in [0.5, 0.6) is 0 Å². The summed E-state index contributed by atoms with van der Waals surface area (Å²) in [5, 5.41) is 9.03. The maximum Gasteiger partial charge on any atom is 0.308 e. The number of halogens is 1. The first-order valence-electron chi connectivity index (χ1n) is 6.32. The zero-order valence-corrected chi connectivity index (χ0v) is 12.1. The number of carboxylic acids is 1. The molecule has 1 atom stereocenters. The maximum absolute atomic E-state index is 12.2. The molecule has 102 valence electrons. The molecule has 1 aromatic rings. The van der Waals surface area contributed by atoms with Gasteiger partial charge in [0.2, 0.25) is 5.91 Å². The van der Waals surface area contributed by atoms with E-state index in [1.54, 1.807) is 4.90 Å². The van der Waals surface area contributed by atoms with E-state index in [1.807, 2.05) is 24.3 Å². The molecule has 1 N–H and O–H groups in total. The number of carbonyl (C=O) groups excluding carboxylic acids is 1. The summed E-state index contributed by atoms with van der Waals surface area (Å²) in [6, 6.07) is 7.60. The van der Waals surface area contributed by atoms with Crippen LogP contribution < -0.4 is 0 Å². The Labute approximate surface area is 120 Å². The quantitative estimate of drug-likeness (QED) is 0.927. The van der Waals surface area contributed by atoms with E-state index in [-0.39, 0.29) is 5.91 Å². The molecule has 1 unspecified atom stereocenters. The summed E-state index contributed by atoms with van der Waals surface area (Å²) in [7, 11) is 0. The van der Waals surface area contributed by atoms with Crippen molar-refractivity contribution >= 4 is 27.8 Å². The fourth-order valence-electron chi connectivity index (χ4n) is 2.32. The van der Waals surface area contributed by atoms with Gasteiger partial charge < -0.3 is 10.0 Å².